The Balaban J connectivity index is 1.58. The number of amides is 2. The van der Waals surface area contributed by atoms with Gasteiger partial charge >= 0.3 is 0 Å². The molecule has 1 saturated heterocycles. The van der Waals surface area contributed by atoms with Gasteiger partial charge in [0.1, 0.15) is 18.4 Å². The number of carbonyl (C=O) groups is 2. The maximum atomic E-state index is 12.1. The van der Waals surface area contributed by atoms with Crippen LogP contribution >= 0.6 is 11.6 Å². The third-order valence-corrected chi connectivity index (χ3v) is 3.98. The van der Waals surface area contributed by atoms with Gasteiger partial charge in [-0.2, -0.15) is 0 Å². The van der Waals surface area contributed by atoms with E-state index in [1.165, 1.54) is 0 Å². The van der Waals surface area contributed by atoms with E-state index in [0.717, 1.165) is 5.56 Å². The second kappa shape index (κ2) is 7.36. The summed E-state index contributed by atoms with van der Waals surface area (Å²) in [5, 5.41) is 6.13. The lowest BCUT2D eigenvalue weighted by Crippen LogP contribution is -2.37. The SMILES string of the molecule is O=C1CC[C@@H](C(=O)Nc2cccc(OCc3ccc(Cl)cc3)c2)N1. The molecule has 6 heteroatoms. The Morgan fingerprint density at radius 3 is 2.75 bits per heavy atom. The van der Waals surface area contributed by atoms with Crippen molar-refractivity contribution < 1.29 is 14.3 Å². The maximum absolute atomic E-state index is 12.1. The third-order valence-electron chi connectivity index (χ3n) is 3.73. The number of hydrogen-bond donors (Lipinski definition) is 2. The van der Waals surface area contributed by atoms with Gasteiger partial charge < -0.3 is 15.4 Å². The lowest BCUT2D eigenvalue weighted by molar-refractivity contribution is -0.122. The second-order valence-corrected chi connectivity index (χ2v) is 6.03. The van der Waals surface area contributed by atoms with E-state index < -0.39 is 6.04 Å². The first-order valence-corrected chi connectivity index (χ1v) is 8.05. The van der Waals surface area contributed by atoms with Crippen molar-refractivity contribution in [2.75, 3.05) is 5.32 Å². The van der Waals surface area contributed by atoms with E-state index in [2.05, 4.69) is 10.6 Å². The van der Waals surface area contributed by atoms with Crippen molar-refractivity contribution >= 4 is 29.1 Å². The molecule has 1 aliphatic heterocycles. The van der Waals surface area contributed by atoms with Crippen LogP contribution in [0.5, 0.6) is 5.75 Å². The summed E-state index contributed by atoms with van der Waals surface area (Å²) in [5.74, 6) is 0.351. The fourth-order valence-electron chi connectivity index (χ4n) is 2.45. The van der Waals surface area contributed by atoms with E-state index in [1.807, 2.05) is 30.3 Å². The molecule has 0 aliphatic carbocycles. The van der Waals surface area contributed by atoms with E-state index >= 15 is 0 Å². The number of rotatable bonds is 5. The molecule has 0 bridgehead atoms. The van der Waals surface area contributed by atoms with Crippen LogP contribution in [0.4, 0.5) is 5.69 Å². The largest absolute Gasteiger partial charge is 0.489 e. The van der Waals surface area contributed by atoms with Gasteiger partial charge in [0.2, 0.25) is 11.8 Å². The summed E-state index contributed by atoms with van der Waals surface area (Å²) in [6.07, 6.45) is 0.916. The van der Waals surface area contributed by atoms with Crippen molar-refractivity contribution in [3.8, 4) is 5.75 Å². The van der Waals surface area contributed by atoms with Gasteiger partial charge in [-0.1, -0.05) is 29.8 Å². The van der Waals surface area contributed by atoms with Crippen molar-refractivity contribution in [3.05, 3.63) is 59.1 Å². The lowest BCUT2D eigenvalue weighted by Gasteiger charge is -2.12. The van der Waals surface area contributed by atoms with Gasteiger partial charge in [-0.05, 0) is 36.2 Å². The van der Waals surface area contributed by atoms with E-state index in [9.17, 15) is 9.59 Å². The minimum absolute atomic E-state index is 0.0878. The zero-order valence-electron chi connectivity index (χ0n) is 12.9. The molecule has 24 heavy (non-hydrogen) atoms. The average molecular weight is 345 g/mol. The molecule has 0 unspecified atom stereocenters. The molecule has 1 atom stereocenters. The molecule has 0 saturated carbocycles. The molecule has 0 aromatic heterocycles. The van der Waals surface area contributed by atoms with E-state index in [4.69, 9.17) is 16.3 Å². The summed E-state index contributed by atoms with van der Waals surface area (Å²) >= 11 is 5.85. The van der Waals surface area contributed by atoms with Crippen molar-refractivity contribution in [1.29, 1.82) is 0 Å². The maximum Gasteiger partial charge on any atom is 0.246 e. The molecular weight excluding hydrogens is 328 g/mol. The van der Waals surface area contributed by atoms with Crippen molar-refractivity contribution in [3.63, 3.8) is 0 Å². The van der Waals surface area contributed by atoms with Crippen LogP contribution in [0.1, 0.15) is 18.4 Å². The van der Waals surface area contributed by atoms with Crippen molar-refractivity contribution in [2.24, 2.45) is 0 Å². The molecule has 2 aromatic carbocycles. The van der Waals surface area contributed by atoms with Crippen LogP contribution < -0.4 is 15.4 Å². The Bertz CT molecular complexity index is 746. The molecule has 5 nitrogen and oxygen atoms in total. The molecule has 2 N–H and O–H groups in total. The topological polar surface area (TPSA) is 67.4 Å². The molecule has 3 rings (SSSR count). The van der Waals surface area contributed by atoms with Gasteiger partial charge in [0.15, 0.2) is 0 Å². The summed E-state index contributed by atoms with van der Waals surface area (Å²) in [4.78, 5) is 23.3. The van der Waals surface area contributed by atoms with Crippen LogP contribution in [0.3, 0.4) is 0 Å². The van der Waals surface area contributed by atoms with E-state index in [-0.39, 0.29) is 11.8 Å². The summed E-state index contributed by atoms with van der Waals surface area (Å²) in [6, 6.07) is 14.1. The second-order valence-electron chi connectivity index (χ2n) is 5.59. The predicted octanol–water partition coefficient (Wildman–Crippen LogP) is 3.14. The van der Waals surface area contributed by atoms with Gasteiger partial charge in [0, 0.05) is 23.2 Å². The van der Waals surface area contributed by atoms with Crippen molar-refractivity contribution in [1.82, 2.24) is 5.32 Å². The molecule has 2 aromatic rings. The highest BCUT2D eigenvalue weighted by Crippen LogP contribution is 2.20. The Morgan fingerprint density at radius 2 is 2.04 bits per heavy atom. The minimum Gasteiger partial charge on any atom is -0.489 e. The van der Waals surface area contributed by atoms with Gasteiger partial charge in [-0.25, -0.2) is 0 Å². The normalized spacial score (nSPS) is 16.5. The summed E-state index contributed by atoms with van der Waals surface area (Å²) in [7, 11) is 0. The first-order chi connectivity index (χ1) is 11.6. The fraction of sp³-hybridized carbons (Fsp3) is 0.222. The Labute approximate surface area is 145 Å². The van der Waals surface area contributed by atoms with Crippen LogP contribution in [-0.4, -0.2) is 17.9 Å². The highest BCUT2D eigenvalue weighted by molar-refractivity contribution is 6.30. The van der Waals surface area contributed by atoms with Gasteiger partial charge in [-0.15, -0.1) is 0 Å². The molecule has 0 radical (unpaired) electrons. The predicted molar refractivity (Wildman–Crippen MR) is 92.0 cm³/mol. The standard InChI is InChI=1S/C18H17ClN2O3/c19-13-6-4-12(5-7-13)11-24-15-3-1-2-14(10-15)20-18(23)16-8-9-17(22)21-16/h1-7,10,16H,8-9,11H2,(H,20,23)(H,21,22)/t16-/m0/s1. The zero-order valence-corrected chi connectivity index (χ0v) is 13.7. The number of hydrogen-bond acceptors (Lipinski definition) is 3. The first kappa shape index (κ1) is 16.3. The quantitative estimate of drug-likeness (QED) is 0.875. The Morgan fingerprint density at radius 1 is 1.25 bits per heavy atom. The monoisotopic (exact) mass is 344 g/mol. The van der Waals surface area contributed by atoms with Crippen LogP contribution in [0.2, 0.25) is 5.02 Å². The molecule has 1 heterocycles. The molecular formula is C18H17ClN2O3. The number of halogens is 1. The highest BCUT2D eigenvalue weighted by Gasteiger charge is 2.27. The van der Waals surface area contributed by atoms with Crippen molar-refractivity contribution in [2.45, 2.75) is 25.5 Å². The van der Waals surface area contributed by atoms with Crippen LogP contribution in [0, 0.1) is 0 Å². The molecule has 124 valence electrons. The van der Waals surface area contributed by atoms with Crippen LogP contribution in [0.25, 0.3) is 0 Å². The van der Waals surface area contributed by atoms with E-state index in [0.29, 0.717) is 35.9 Å². The molecule has 2 amide bonds. The Kier molecular flexibility index (Phi) is 5.01. The Hall–Kier alpha value is -2.53. The van der Waals surface area contributed by atoms with E-state index in [1.54, 1.807) is 18.2 Å². The molecule has 0 spiro atoms. The molecule has 1 fully saturated rings. The first-order valence-electron chi connectivity index (χ1n) is 7.68. The van der Waals surface area contributed by atoms with Crippen LogP contribution in [-0.2, 0) is 16.2 Å². The number of benzene rings is 2. The number of anilines is 1. The number of ether oxygens (including phenoxy) is 1. The summed E-state index contributed by atoms with van der Waals surface area (Å²) < 4.78 is 5.73. The fourth-order valence-corrected chi connectivity index (χ4v) is 2.58. The highest BCUT2D eigenvalue weighted by atomic mass is 35.5. The average Bonchev–Trinajstić information content (AvgIpc) is 3.01. The van der Waals surface area contributed by atoms with Crippen LogP contribution in [0.15, 0.2) is 48.5 Å². The zero-order chi connectivity index (χ0) is 16.9. The third kappa shape index (κ3) is 4.26. The molecule has 1 aliphatic rings. The van der Waals surface area contributed by atoms with Gasteiger partial charge in [-0.3, -0.25) is 9.59 Å². The van der Waals surface area contributed by atoms with Gasteiger partial charge in [0.25, 0.3) is 0 Å². The minimum atomic E-state index is -0.462. The van der Waals surface area contributed by atoms with Gasteiger partial charge in [0.05, 0.1) is 0 Å². The lowest BCUT2D eigenvalue weighted by atomic mass is 10.2. The smallest absolute Gasteiger partial charge is 0.246 e. The number of carbonyl (C=O) groups excluding carboxylic acids is 2. The number of nitrogens with one attached hydrogen (secondary N) is 2. The summed E-state index contributed by atoms with van der Waals surface area (Å²) in [6.45, 7) is 0.410. The summed E-state index contributed by atoms with van der Waals surface area (Å²) in [5.41, 5.74) is 1.64.